The van der Waals surface area contributed by atoms with Crippen LogP contribution in [0.25, 0.3) is 0 Å². The van der Waals surface area contributed by atoms with Crippen LogP contribution >= 0.6 is 0 Å². The Morgan fingerprint density at radius 3 is 1.10 bits per heavy atom. The van der Waals surface area contributed by atoms with Gasteiger partial charge in [0.05, 0.1) is 9.85 Å². The number of non-ortho nitro benzene ring substituents is 2. The Balaban J connectivity index is 0.000000764. The van der Waals surface area contributed by atoms with Crippen molar-refractivity contribution in [3.63, 3.8) is 0 Å². The average molecular weight is 707 g/mol. The van der Waals surface area contributed by atoms with Crippen molar-refractivity contribution < 1.29 is 39.9 Å². The van der Waals surface area contributed by atoms with Gasteiger partial charge in [-0.2, -0.15) is 0 Å². The van der Waals surface area contributed by atoms with Gasteiger partial charge in [0.25, 0.3) is 11.4 Å². The summed E-state index contributed by atoms with van der Waals surface area (Å²) in [6.45, 7) is 9.10. The number of aliphatic carboxylic acids is 2. The Morgan fingerprint density at radius 2 is 0.860 bits per heavy atom. The minimum atomic E-state index is -2.27. The van der Waals surface area contributed by atoms with Crippen molar-refractivity contribution in [2.45, 2.75) is 103 Å². The van der Waals surface area contributed by atoms with E-state index in [4.69, 9.17) is 20.4 Å². The fourth-order valence-corrected chi connectivity index (χ4v) is 4.75. The van der Waals surface area contributed by atoms with Crippen LogP contribution in [0, 0.1) is 20.2 Å². The number of nitro groups is 2. The van der Waals surface area contributed by atoms with Crippen LogP contribution in [0.2, 0.25) is 0 Å². The maximum absolute atomic E-state index is 10.6. The van der Waals surface area contributed by atoms with Gasteiger partial charge in [0.2, 0.25) is 0 Å². The molecule has 282 valence electrons. The molecule has 4 N–H and O–H groups in total. The lowest BCUT2D eigenvalue weighted by Gasteiger charge is -2.15. The van der Waals surface area contributed by atoms with E-state index in [1.165, 1.54) is 75.6 Å². The third kappa shape index (κ3) is 22.6. The van der Waals surface area contributed by atoms with Gasteiger partial charge in [-0.1, -0.05) is 63.8 Å². The number of aliphatic hydroxyl groups excluding tert-OH is 2. The van der Waals surface area contributed by atoms with E-state index in [-0.39, 0.29) is 21.2 Å². The van der Waals surface area contributed by atoms with Gasteiger partial charge in [0, 0.05) is 24.3 Å². The van der Waals surface area contributed by atoms with Crippen LogP contribution in [-0.2, 0) is 22.4 Å². The number of hydrogen-bond donors (Lipinski definition) is 4. The van der Waals surface area contributed by atoms with Crippen LogP contribution in [0.4, 0.5) is 11.4 Å². The van der Waals surface area contributed by atoms with E-state index >= 15 is 0 Å². The second kappa shape index (κ2) is 27.8. The highest BCUT2D eigenvalue weighted by atomic mass is 16.6. The molecule has 0 amide bonds. The fraction of sp³-hybridized carbons (Fsp3) is 0.611. The predicted molar refractivity (Wildman–Crippen MR) is 193 cm³/mol. The fourth-order valence-electron chi connectivity index (χ4n) is 4.75. The zero-order valence-corrected chi connectivity index (χ0v) is 30.1. The van der Waals surface area contributed by atoms with E-state index in [0.29, 0.717) is 0 Å². The molecule has 0 heterocycles. The molecule has 14 nitrogen and oxygen atoms in total. The van der Waals surface area contributed by atoms with Gasteiger partial charge in [-0.3, -0.25) is 20.2 Å². The molecule has 0 saturated carbocycles. The molecule has 0 aliphatic carbocycles. The molecule has 0 aliphatic rings. The summed E-state index contributed by atoms with van der Waals surface area (Å²) in [5.41, 5.74) is 2.71. The van der Waals surface area contributed by atoms with Crippen molar-refractivity contribution in [1.29, 1.82) is 0 Å². The zero-order chi connectivity index (χ0) is 37.9. The van der Waals surface area contributed by atoms with Gasteiger partial charge in [-0.05, 0) is 103 Å². The van der Waals surface area contributed by atoms with E-state index < -0.39 is 24.1 Å². The third-order valence-electron chi connectivity index (χ3n) is 7.90. The number of nitro benzene ring substituents is 2. The summed E-state index contributed by atoms with van der Waals surface area (Å²) in [5.74, 6) is -3.54. The van der Waals surface area contributed by atoms with Crippen LogP contribution in [0.1, 0.15) is 89.2 Å². The van der Waals surface area contributed by atoms with Crippen LogP contribution in [0.3, 0.4) is 0 Å². The lowest BCUT2D eigenvalue weighted by Crippen LogP contribution is -2.39. The number of rotatable bonds is 23. The molecular formula is C36H58N4O10. The largest absolute Gasteiger partial charge is 0.479 e. The first-order valence-corrected chi connectivity index (χ1v) is 17.4. The lowest BCUT2D eigenvalue weighted by atomic mass is 10.1. The number of unbranched alkanes of at least 4 members (excludes halogenated alkanes) is 6. The quantitative estimate of drug-likeness (QED) is 0.0600. The molecule has 0 aliphatic heterocycles. The first-order valence-electron chi connectivity index (χ1n) is 17.4. The Hall–Kier alpha value is -3.98. The third-order valence-corrected chi connectivity index (χ3v) is 7.90. The van der Waals surface area contributed by atoms with E-state index in [2.05, 4.69) is 37.7 Å². The summed E-state index contributed by atoms with van der Waals surface area (Å²) in [7, 11) is 4.36. The second-order valence-electron chi connectivity index (χ2n) is 12.3. The smallest absolute Gasteiger partial charge is 0.335 e. The first kappa shape index (κ1) is 46.0. The number of carbonyl (C=O) groups is 2. The summed E-state index contributed by atoms with van der Waals surface area (Å²) in [4.78, 5) is 44.7. The summed E-state index contributed by atoms with van der Waals surface area (Å²) in [5, 5.41) is 53.6. The maximum Gasteiger partial charge on any atom is 0.335 e. The summed E-state index contributed by atoms with van der Waals surface area (Å²) >= 11 is 0. The molecule has 0 radical (unpaired) electrons. The molecule has 14 heteroatoms. The monoisotopic (exact) mass is 706 g/mol. The highest BCUT2D eigenvalue weighted by Crippen LogP contribution is 2.15. The average Bonchev–Trinajstić information content (AvgIpc) is 3.09. The number of nitrogens with zero attached hydrogens (tertiary/aromatic N) is 4. The second-order valence-corrected chi connectivity index (χ2v) is 12.3. The number of aryl methyl sites for hydroxylation is 2. The first-order chi connectivity index (χ1) is 23.7. The molecule has 50 heavy (non-hydrogen) atoms. The van der Waals surface area contributed by atoms with Crippen molar-refractivity contribution in [1.82, 2.24) is 9.80 Å². The van der Waals surface area contributed by atoms with Gasteiger partial charge in [0.15, 0.2) is 12.2 Å². The van der Waals surface area contributed by atoms with E-state index in [1.807, 2.05) is 24.3 Å². The zero-order valence-electron chi connectivity index (χ0n) is 30.1. The molecule has 0 bridgehead atoms. The SMILES string of the molecule is CCCCCN(C)CCCCc1ccc([N+](=O)[O-])cc1.CCCCCN(C)CCCCc1ccc([N+](=O)[O-])cc1.O=C(O)C(O)C(O)C(=O)O. The molecule has 2 unspecified atom stereocenters. The number of hydrogen-bond acceptors (Lipinski definition) is 10. The molecule has 2 aromatic carbocycles. The molecule has 0 spiro atoms. The van der Waals surface area contributed by atoms with Crippen molar-refractivity contribution in [3.05, 3.63) is 79.9 Å². The van der Waals surface area contributed by atoms with Crippen molar-refractivity contribution in [2.75, 3.05) is 40.3 Å². The Labute approximate surface area is 296 Å². The molecule has 2 aromatic rings. The highest BCUT2D eigenvalue weighted by molar-refractivity contribution is 5.83. The van der Waals surface area contributed by atoms with Gasteiger partial charge in [-0.25, -0.2) is 9.59 Å². The van der Waals surface area contributed by atoms with Crippen LogP contribution < -0.4 is 0 Å². The number of carboxylic acids is 2. The van der Waals surface area contributed by atoms with E-state index in [1.54, 1.807) is 24.3 Å². The molecular weight excluding hydrogens is 648 g/mol. The van der Waals surface area contributed by atoms with Crippen molar-refractivity contribution in [3.8, 4) is 0 Å². The molecule has 0 fully saturated rings. The Kier molecular flexibility index (Phi) is 25.6. The number of carboxylic acid groups (broad SMARTS) is 2. The molecule has 0 saturated heterocycles. The summed E-state index contributed by atoms with van der Waals surface area (Å²) in [6.07, 6.45) is 9.84. The minimum Gasteiger partial charge on any atom is -0.479 e. The number of benzene rings is 2. The van der Waals surface area contributed by atoms with E-state index in [0.717, 1.165) is 38.8 Å². The highest BCUT2D eigenvalue weighted by Gasteiger charge is 2.29. The Morgan fingerprint density at radius 1 is 0.580 bits per heavy atom. The normalized spacial score (nSPS) is 11.9. The van der Waals surface area contributed by atoms with Crippen molar-refractivity contribution >= 4 is 23.3 Å². The maximum atomic E-state index is 10.6. The van der Waals surface area contributed by atoms with Crippen LogP contribution in [0.5, 0.6) is 0 Å². The van der Waals surface area contributed by atoms with Crippen LogP contribution in [0.15, 0.2) is 48.5 Å². The number of aliphatic hydroxyl groups is 2. The van der Waals surface area contributed by atoms with Crippen molar-refractivity contribution in [2.24, 2.45) is 0 Å². The predicted octanol–water partition coefficient (Wildman–Crippen LogP) is 5.96. The topological polar surface area (TPSA) is 208 Å². The van der Waals surface area contributed by atoms with Gasteiger partial charge < -0.3 is 30.2 Å². The lowest BCUT2D eigenvalue weighted by molar-refractivity contribution is -0.385. The molecule has 0 aromatic heterocycles. The minimum absolute atomic E-state index is 0.171. The van der Waals surface area contributed by atoms with Gasteiger partial charge in [0.1, 0.15) is 0 Å². The van der Waals surface area contributed by atoms with E-state index in [9.17, 15) is 29.8 Å². The summed E-state index contributed by atoms with van der Waals surface area (Å²) < 4.78 is 0. The van der Waals surface area contributed by atoms with Gasteiger partial charge in [-0.15, -0.1) is 0 Å². The molecule has 2 rings (SSSR count). The van der Waals surface area contributed by atoms with Crippen LogP contribution in [-0.4, -0.2) is 104 Å². The standard InChI is InChI=1S/2C16H26N2O2.C4H6O6/c2*1-3-4-6-13-17(2)14-7-5-8-15-9-11-16(12-10-15)18(19)20;5-1(3(7)8)2(6)4(9)10/h2*9-12H,3-8,13-14H2,1-2H3;1-2,5-6H,(H,7,8)(H,9,10). The molecule has 2 atom stereocenters. The van der Waals surface area contributed by atoms with Gasteiger partial charge >= 0.3 is 11.9 Å². The summed E-state index contributed by atoms with van der Waals surface area (Å²) in [6, 6.07) is 13.8. The Bertz CT molecular complexity index is 1130.